The number of nitrogens with zero attached hydrogens (tertiary/aromatic N) is 1. The first-order chi connectivity index (χ1) is 7.88. The zero-order chi connectivity index (χ0) is 11.2. The predicted molar refractivity (Wildman–Crippen MR) is 72.1 cm³/mol. The summed E-state index contributed by atoms with van der Waals surface area (Å²) in [5.41, 5.74) is 1.43. The van der Waals surface area contributed by atoms with E-state index < -0.39 is 0 Å². The highest BCUT2D eigenvalue weighted by molar-refractivity contribution is 8.13. The Bertz CT molecular complexity index is 348. The van der Waals surface area contributed by atoms with Crippen LogP contribution in [0.25, 0.3) is 0 Å². The third-order valence-electron chi connectivity index (χ3n) is 2.91. The first kappa shape index (κ1) is 11.5. The summed E-state index contributed by atoms with van der Waals surface area (Å²) in [6, 6.07) is 10.7. The first-order valence-corrected chi connectivity index (χ1v) is 6.97. The summed E-state index contributed by atoms with van der Waals surface area (Å²) in [7, 11) is 0. The van der Waals surface area contributed by atoms with Gasteiger partial charge in [-0.1, -0.05) is 42.1 Å². The Labute approximate surface area is 102 Å². The molecule has 0 aromatic heterocycles. The summed E-state index contributed by atoms with van der Waals surface area (Å²) in [6.45, 7) is 2.06. The Kier molecular flexibility index (Phi) is 4.28. The van der Waals surface area contributed by atoms with Gasteiger partial charge >= 0.3 is 0 Å². The molecule has 2 rings (SSSR count). The van der Waals surface area contributed by atoms with Gasteiger partial charge in [0.2, 0.25) is 0 Å². The molecule has 1 aliphatic heterocycles. The zero-order valence-corrected chi connectivity index (χ0v) is 10.5. The van der Waals surface area contributed by atoms with Crippen LogP contribution in [0.5, 0.6) is 0 Å². The summed E-state index contributed by atoms with van der Waals surface area (Å²) in [4.78, 5) is 4.51. The van der Waals surface area contributed by atoms with Crippen LogP contribution in [0.3, 0.4) is 0 Å². The molecule has 0 aliphatic carbocycles. The molecule has 0 amide bonds. The van der Waals surface area contributed by atoms with Crippen molar-refractivity contribution in [3.05, 3.63) is 35.9 Å². The SMILES string of the molecule is CSC1=NCC(CCc2ccccc2)CN1. The van der Waals surface area contributed by atoms with Crippen LogP contribution in [0.1, 0.15) is 12.0 Å². The maximum Gasteiger partial charge on any atom is 0.156 e. The summed E-state index contributed by atoms with van der Waals surface area (Å²) in [5.74, 6) is 0.691. The normalized spacial score (nSPS) is 20.1. The number of thioether (sulfide) groups is 1. The number of aliphatic imine (C=N–C) groups is 1. The first-order valence-electron chi connectivity index (χ1n) is 5.74. The van der Waals surface area contributed by atoms with Crippen molar-refractivity contribution < 1.29 is 0 Å². The van der Waals surface area contributed by atoms with Crippen molar-refractivity contribution in [2.24, 2.45) is 10.9 Å². The Morgan fingerprint density at radius 2 is 2.19 bits per heavy atom. The number of hydrogen-bond acceptors (Lipinski definition) is 3. The standard InChI is InChI=1S/C13H18N2S/c1-16-13-14-9-12(10-15-13)8-7-11-5-3-2-4-6-11/h2-6,12H,7-10H2,1H3,(H,14,15). The highest BCUT2D eigenvalue weighted by Crippen LogP contribution is 2.13. The fourth-order valence-corrected chi connectivity index (χ4v) is 2.34. The molecule has 1 unspecified atom stereocenters. The fraction of sp³-hybridized carbons (Fsp3) is 0.462. The van der Waals surface area contributed by atoms with E-state index in [0.717, 1.165) is 24.7 Å². The molecule has 1 aliphatic rings. The molecule has 1 atom stereocenters. The van der Waals surface area contributed by atoms with Gasteiger partial charge in [0.1, 0.15) is 0 Å². The van der Waals surface area contributed by atoms with E-state index in [2.05, 4.69) is 46.9 Å². The van der Waals surface area contributed by atoms with Crippen LogP contribution in [0.2, 0.25) is 0 Å². The summed E-state index contributed by atoms with van der Waals surface area (Å²) >= 11 is 1.70. The number of benzene rings is 1. The van der Waals surface area contributed by atoms with Crippen molar-refractivity contribution in [3.8, 4) is 0 Å². The third kappa shape index (κ3) is 3.27. The average molecular weight is 234 g/mol. The van der Waals surface area contributed by atoms with E-state index in [9.17, 15) is 0 Å². The Morgan fingerprint density at radius 1 is 1.38 bits per heavy atom. The smallest absolute Gasteiger partial charge is 0.156 e. The number of rotatable bonds is 3. The van der Waals surface area contributed by atoms with Gasteiger partial charge in [-0.3, -0.25) is 4.99 Å². The Morgan fingerprint density at radius 3 is 2.81 bits per heavy atom. The van der Waals surface area contributed by atoms with Gasteiger partial charge in [-0.25, -0.2) is 0 Å². The largest absolute Gasteiger partial charge is 0.365 e. The lowest BCUT2D eigenvalue weighted by Crippen LogP contribution is -2.34. The third-order valence-corrected chi connectivity index (χ3v) is 3.57. The van der Waals surface area contributed by atoms with Gasteiger partial charge in [0.15, 0.2) is 5.17 Å². The molecule has 0 saturated carbocycles. The van der Waals surface area contributed by atoms with Crippen molar-refractivity contribution in [2.75, 3.05) is 19.3 Å². The second kappa shape index (κ2) is 5.94. The molecule has 0 radical (unpaired) electrons. The highest BCUT2D eigenvalue weighted by atomic mass is 32.2. The number of nitrogens with one attached hydrogen (secondary N) is 1. The monoisotopic (exact) mass is 234 g/mol. The van der Waals surface area contributed by atoms with E-state index in [1.165, 1.54) is 12.0 Å². The molecule has 1 aromatic carbocycles. The molecule has 0 saturated heterocycles. The quantitative estimate of drug-likeness (QED) is 0.869. The van der Waals surface area contributed by atoms with Gasteiger partial charge in [0.25, 0.3) is 0 Å². The lowest BCUT2D eigenvalue weighted by atomic mass is 9.99. The molecule has 16 heavy (non-hydrogen) atoms. The van der Waals surface area contributed by atoms with Crippen molar-refractivity contribution in [2.45, 2.75) is 12.8 Å². The van der Waals surface area contributed by atoms with E-state index in [4.69, 9.17) is 0 Å². The summed E-state index contributed by atoms with van der Waals surface area (Å²) in [5, 5.41) is 4.46. The minimum Gasteiger partial charge on any atom is -0.365 e. The van der Waals surface area contributed by atoms with Crippen LogP contribution >= 0.6 is 11.8 Å². The highest BCUT2D eigenvalue weighted by Gasteiger charge is 2.13. The number of amidine groups is 1. The molecule has 86 valence electrons. The van der Waals surface area contributed by atoms with Crippen LogP contribution in [-0.2, 0) is 6.42 Å². The van der Waals surface area contributed by atoms with Gasteiger partial charge in [-0.15, -0.1) is 0 Å². The second-order valence-corrected chi connectivity index (χ2v) is 4.92. The molecule has 1 N–H and O–H groups in total. The summed E-state index contributed by atoms with van der Waals surface area (Å²) in [6.07, 6.45) is 4.45. The molecular weight excluding hydrogens is 216 g/mol. The van der Waals surface area contributed by atoms with Gasteiger partial charge < -0.3 is 5.32 Å². The van der Waals surface area contributed by atoms with Crippen molar-refractivity contribution in [1.29, 1.82) is 0 Å². The second-order valence-electron chi connectivity index (χ2n) is 4.12. The van der Waals surface area contributed by atoms with E-state index >= 15 is 0 Å². The van der Waals surface area contributed by atoms with Crippen LogP contribution in [0, 0.1) is 5.92 Å². The fourth-order valence-electron chi connectivity index (χ4n) is 1.91. The average Bonchev–Trinajstić information content (AvgIpc) is 2.38. The molecule has 1 heterocycles. The molecule has 0 bridgehead atoms. The maximum absolute atomic E-state index is 4.51. The van der Waals surface area contributed by atoms with E-state index in [1.807, 2.05) is 0 Å². The molecule has 1 aromatic rings. The number of hydrogen-bond donors (Lipinski definition) is 1. The minimum atomic E-state index is 0.691. The molecule has 2 nitrogen and oxygen atoms in total. The Balaban J connectivity index is 1.78. The topological polar surface area (TPSA) is 24.4 Å². The Hall–Kier alpha value is -0.960. The van der Waals surface area contributed by atoms with E-state index in [1.54, 1.807) is 11.8 Å². The van der Waals surface area contributed by atoms with Gasteiger partial charge in [0, 0.05) is 13.1 Å². The van der Waals surface area contributed by atoms with Crippen LogP contribution in [-0.4, -0.2) is 24.5 Å². The van der Waals surface area contributed by atoms with Gasteiger partial charge in [-0.05, 0) is 30.6 Å². The lowest BCUT2D eigenvalue weighted by Gasteiger charge is -2.21. The van der Waals surface area contributed by atoms with Crippen LogP contribution in [0.15, 0.2) is 35.3 Å². The minimum absolute atomic E-state index is 0.691. The molecule has 0 fully saturated rings. The van der Waals surface area contributed by atoms with Crippen LogP contribution in [0.4, 0.5) is 0 Å². The predicted octanol–water partition coefficient (Wildman–Crippen LogP) is 2.56. The molecule has 3 heteroatoms. The van der Waals surface area contributed by atoms with Crippen LogP contribution < -0.4 is 5.32 Å². The van der Waals surface area contributed by atoms with Gasteiger partial charge in [0.05, 0.1) is 0 Å². The molecular formula is C13H18N2S. The van der Waals surface area contributed by atoms with Crippen molar-refractivity contribution in [3.63, 3.8) is 0 Å². The lowest BCUT2D eigenvalue weighted by molar-refractivity contribution is 0.475. The summed E-state index contributed by atoms with van der Waals surface area (Å²) < 4.78 is 0. The maximum atomic E-state index is 4.51. The molecule has 0 spiro atoms. The van der Waals surface area contributed by atoms with E-state index in [0.29, 0.717) is 5.92 Å². The van der Waals surface area contributed by atoms with Crippen molar-refractivity contribution >= 4 is 16.9 Å². The van der Waals surface area contributed by atoms with Gasteiger partial charge in [-0.2, -0.15) is 0 Å². The van der Waals surface area contributed by atoms with Crippen molar-refractivity contribution in [1.82, 2.24) is 5.32 Å². The zero-order valence-electron chi connectivity index (χ0n) is 9.65. The van der Waals surface area contributed by atoms with E-state index in [-0.39, 0.29) is 0 Å². The number of aryl methyl sites for hydroxylation is 1.